The molecule has 4 aromatic rings. The van der Waals surface area contributed by atoms with Crippen LogP contribution in [0.5, 0.6) is 17.4 Å². The number of hydrogen-bond donors (Lipinski definition) is 1. The predicted molar refractivity (Wildman–Crippen MR) is 123 cm³/mol. The average molecular weight is 444 g/mol. The first-order chi connectivity index (χ1) is 15.7. The van der Waals surface area contributed by atoms with E-state index in [1.807, 2.05) is 54.6 Å². The van der Waals surface area contributed by atoms with Crippen molar-refractivity contribution >= 4 is 17.7 Å². The third-order valence-electron chi connectivity index (χ3n) is 4.51. The number of amides is 1. The third-order valence-corrected chi connectivity index (χ3v) is 5.49. The lowest BCUT2D eigenvalue weighted by molar-refractivity contribution is 0.0951. The average Bonchev–Trinajstić information content (AvgIpc) is 2.85. The number of carbonyl (C=O) groups excluding carboxylic acids is 1. The predicted octanol–water partition coefficient (Wildman–Crippen LogP) is 5.36. The zero-order valence-electron chi connectivity index (χ0n) is 17.4. The van der Waals surface area contributed by atoms with Gasteiger partial charge >= 0.3 is 0 Å². The Morgan fingerprint density at radius 3 is 2.47 bits per heavy atom. The molecule has 160 valence electrons. The summed E-state index contributed by atoms with van der Waals surface area (Å²) >= 11 is 1.48. The van der Waals surface area contributed by atoms with Gasteiger partial charge in [0.2, 0.25) is 0 Å². The number of benzene rings is 3. The summed E-state index contributed by atoms with van der Waals surface area (Å²) in [5, 5.41) is 3.58. The summed E-state index contributed by atoms with van der Waals surface area (Å²) < 4.78 is 11.1. The molecule has 1 aromatic heterocycles. The Bertz CT molecular complexity index is 1180. The van der Waals surface area contributed by atoms with Gasteiger partial charge in [-0.2, -0.15) is 0 Å². The summed E-state index contributed by atoms with van der Waals surface area (Å²) in [5.41, 5.74) is 1.50. The van der Waals surface area contributed by atoms with Crippen LogP contribution in [0.2, 0.25) is 0 Å². The minimum Gasteiger partial charge on any atom is -0.497 e. The van der Waals surface area contributed by atoms with Gasteiger partial charge in [0.1, 0.15) is 11.5 Å². The SMILES string of the molecule is COc1cccc(CNC(=O)c2ccc(Oc3nccnc3Sc3ccccc3)cc2)c1. The molecule has 0 unspecified atom stereocenters. The van der Waals surface area contributed by atoms with Gasteiger partial charge in [-0.3, -0.25) is 4.79 Å². The van der Waals surface area contributed by atoms with Crippen LogP contribution in [0.4, 0.5) is 0 Å². The first-order valence-electron chi connectivity index (χ1n) is 9.94. The van der Waals surface area contributed by atoms with Crippen LogP contribution in [0.3, 0.4) is 0 Å². The molecule has 0 fully saturated rings. The van der Waals surface area contributed by atoms with Gasteiger partial charge in [-0.15, -0.1) is 0 Å². The molecule has 1 heterocycles. The number of rotatable bonds is 8. The monoisotopic (exact) mass is 443 g/mol. The highest BCUT2D eigenvalue weighted by molar-refractivity contribution is 7.99. The Labute approximate surface area is 190 Å². The number of carbonyl (C=O) groups is 1. The smallest absolute Gasteiger partial charge is 0.252 e. The molecule has 0 radical (unpaired) electrons. The van der Waals surface area contributed by atoms with Crippen LogP contribution in [0, 0.1) is 0 Å². The van der Waals surface area contributed by atoms with Gasteiger partial charge in [-0.1, -0.05) is 42.1 Å². The number of nitrogens with zero attached hydrogens (tertiary/aromatic N) is 2. The number of hydrogen-bond acceptors (Lipinski definition) is 6. The Morgan fingerprint density at radius 2 is 1.69 bits per heavy atom. The topological polar surface area (TPSA) is 73.3 Å². The van der Waals surface area contributed by atoms with Gasteiger partial charge in [-0.25, -0.2) is 9.97 Å². The second-order valence-corrected chi connectivity index (χ2v) is 7.80. The standard InChI is InChI=1S/C25H21N3O3S/c1-30-21-7-5-6-18(16-21)17-28-23(29)19-10-12-20(13-11-19)31-24-25(27-15-14-26-24)32-22-8-3-2-4-9-22/h2-16H,17H2,1H3,(H,28,29). The summed E-state index contributed by atoms with van der Waals surface area (Å²) in [6.07, 6.45) is 3.22. The highest BCUT2D eigenvalue weighted by Gasteiger charge is 2.11. The lowest BCUT2D eigenvalue weighted by atomic mass is 10.2. The summed E-state index contributed by atoms with van der Waals surface area (Å²) in [4.78, 5) is 22.2. The zero-order chi connectivity index (χ0) is 22.2. The molecule has 7 heteroatoms. The maximum Gasteiger partial charge on any atom is 0.252 e. The number of ether oxygens (including phenoxy) is 2. The van der Waals surface area contributed by atoms with Crippen LogP contribution in [0.1, 0.15) is 15.9 Å². The second kappa shape index (κ2) is 10.5. The largest absolute Gasteiger partial charge is 0.497 e. The summed E-state index contributed by atoms with van der Waals surface area (Å²) in [6, 6.07) is 24.4. The molecule has 0 saturated heterocycles. The minimum atomic E-state index is -0.167. The maximum absolute atomic E-state index is 12.5. The van der Waals surface area contributed by atoms with Gasteiger partial charge in [0.15, 0.2) is 5.03 Å². The van der Waals surface area contributed by atoms with Gasteiger partial charge < -0.3 is 14.8 Å². The molecule has 3 aromatic carbocycles. The van der Waals surface area contributed by atoms with Crippen LogP contribution >= 0.6 is 11.8 Å². The third kappa shape index (κ3) is 5.65. The lowest BCUT2D eigenvalue weighted by Gasteiger charge is -2.10. The summed E-state index contributed by atoms with van der Waals surface area (Å²) in [5.74, 6) is 1.58. The molecular formula is C25H21N3O3S. The first kappa shape index (κ1) is 21.4. The molecule has 0 aliphatic carbocycles. The molecular weight excluding hydrogens is 422 g/mol. The van der Waals surface area contributed by atoms with Crippen LogP contribution in [0.25, 0.3) is 0 Å². The fourth-order valence-electron chi connectivity index (χ4n) is 2.91. The molecule has 0 atom stereocenters. The molecule has 1 N–H and O–H groups in total. The van der Waals surface area contributed by atoms with Crippen LogP contribution < -0.4 is 14.8 Å². The van der Waals surface area contributed by atoms with E-state index < -0.39 is 0 Å². The van der Waals surface area contributed by atoms with E-state index in [-0.39, 0.29) is 5.91 Å². The van der Waals surface area contributed by atoms with Crippen LogP contribution in [-0.2, 0) is 6.54 Å². The highest BCUT2D eigenvalue weighted by atomic mass is 32.2. The fourth-order valence-corrected chi connectivity index (χ4v) is 3.72. The van der Waals surface area contributed by atoms with Crippen molar-refractivity contribution in [2.75, 3.05) is 7.11 Å². The lowest BCUT2D eigenvalue weighted by Crippen LogP contribution is -2.22. The van der Waals surface area contributed by atoms with Crippen molar-refractivity contribution in [3.8, 4) is 17.4 Å². The van der Waals surface area contributed by atoms with Crippen molar-refractivity contribution in [1.82, 2.24) is 15.3 Å². The van der Waals surface area contributed by atoms with E-state index in [0.717, 1.165) is 16.2 Å². The Morgan fingerprint density at radius 1 is 0.906 bits per heavy atom. The highest BCUT2D eigenvalue weighted by Crippen LogP contribution is 2.33. The van der Waals surface area contributed by atoms with Crippen LogP contribution in [0.15, 0.2) is 101 Å². The van der Waals surface area contributed by atoms with E-state index in [2.05, 4.69) is 15.3 Å². The van der Waals surface area contributed by atoms with Gasteiger partial charge in [0.05, 0.1) is 7.11 Å². The minimum absolute atomic E-state index is 0.167. The summed E-state index contributed by atoms with van der Waals surface area (Å²) in [6.45, 7) is 0.411. The number of aromatic nitrogens is 2. The molecule has 0 aliphatic rings. The van der Waals surface area contributed by atoms with Crippen molar-refractivity contribution in [3.63, 3.8) is 0 Å². The van der Waals surface area contributed by atoms with Crippen molar-refractivity contribution in [2.24, 2.45) is 0 Å². The number of methoxy groups -OCH3 is 1. The molecule has 32 heavy (non-hydrogen) atoms. The zero-order valence-corrected chi connectivity index (χ0v) is 18.2. The van der Waals surface area contributed by atoms with E-state index in [9.17, 15) is 4.79 Å². The second-order valence-electron chi connectivity index (χ2n) is 6.74. The Hall–Kier alpha value is -3.84. The normalized spacial score (nSPS) is 10.4. The molecule has 0 spiro atoms. The quantitative estimate of drug-likeness (QED) is 0.395. The van der Waals surface area contributed by atoms with E-state index in [1.165, 1.54) is 11.8 Å². The van der Waals surface area contributed by atoms with Crippen molar-refractivity contribution in [3.05, 3.63) is 102 Å². The Kier molecular flexibility index (Phi) is 6.99. The van der Waals surface area contributed by atoms with Crippen LogP contribution in [-0.4, -0.2) is 23.0 Å². The molecule has 0 bridgehead atoms. The Balaban J connectivity index is 1.39. The van der Waals surface area contributed by atoms with Crippen molar-refractivity contribution < 1.29 is 14.3 Å². The number of nitrogens with one attached hydrogen (secondary N) is 1. The maximum atomic E-state index is 12.5. The van der Waals surface area contributed by atoms with Gasteiger partial charge in [0.25, 0.3) is 11.8 Å². The van der Waals surface area contributed by atoms with E-state index >= 15 is 0 Å². The van der Waals surface area contributed by atoms with Gasteiger partial charge in [0, 0.05) is 29.4 Å². The molecule has 0 saturated carbocycles. The molecule has 0 aliphatic heterocycles. The van der Waals surface area contributed by atoms with E-state index in [4.69, 9.17) is 9.47 Å². The first-order valence-corrected chi connectivity index (χ1v) is 10.8. The fraction of sp³-hybridized carbons (Fsp3) is 0.0800. The molecule has 1 amide bonds. The van der Waals surface area contributed by atoms with Crippen molar-refractivity contribution in [1.29, 1.82) is 0 Å². The van der Waals surface area contributed by atoms with E-state index in [1.54, 1.807) is 43.8 Å². The molecule has 4 rings (SSSR count). The van der Waals surface area contributed by atoms with Crippen molar-refractivity contribution in [2.45, 2.75) is 16.5 Å². The summed E-state index contributed by atoms with van der Waals surface area (Å²) in [7, 11) is 1.62. The van der Waals surface area contributed by atoms with E-state index in [0.29, 0.717) is 28.8 Å². The van der Waals surface area contributed by atoms with Gasteiger partial charge in [-0.05, 0) is 54.1 Å². The molecule has 6 nitrogen and oxygen atoms in total.